The van der Waals surface area contributed by atoms with Gasteiger partial charge in [0.25, 0.3) is 0 Å². The first-order valence-electron chi connectivity index (χ1n) is 11.1. The Morgan fingerprint density at radius 2 is 1.43 bits per heavy atom. The van der Waals surface area contributed by atoms with Crippen LogP contribution in [0.25, 0.3) is 22.4 Å². The van der Waals surface area contributed by atoms with Crippen LogP contribution in [0.4, 0.5) is 13.2 Å². The third-order valence-electron chi connectivity index (χ3n) is 6.08. The first-order valence-corrected chi connectivity index (χ1v) is 11.1. The van der Waals surface area contributed by atoms with Gasteiger partial charge in [-0.1, -0.05) is 66.7 Å². The first kappa shape index (κ1) is 24.7. The van der Waals surface area contributed by atoms with E-state index in [0.29, 0.717) is 12.1 Å². The van der Waals surface area contributed by atoms with Crippen molar-refractivity contribution in [1.29, 1.82) is 0 Å². The van der Waals surface area contributed by atoms with Crippen LogP contribution in [0.15, 0.2) is 79.0 Å². The molecule has 182 valence electrons. The van der Waals surface area contributed by atoms with Gasteiger partial charge in [0.15, 0.2) is 0 Å². The number of aromatic nitrogens is 2. The minimum atomic E-state index is -4.53. The van der Waals surface area contributed by atoms with Gasteiger partial charge in [-0.05, 0) is 41.2 Å². The van der Waals surface area contributed by atoms with Crippen molar-refractivity contribution in [3.8, 4) is 22.4 Å². The number of halogens is 3. The molecule has 3 aromatic carbocycles. The maximum absolute atomic E-state index is 13.9. The van der Waals surface area contributed by atoms with Gasteiger partial charge in [0, 0.05) is 5.56 Å². The highest BCUT2D eigenvalue weighted by atomic mass is 19.4. The molecule has 0 radical (unpaired) electrons. The number of aryl methyl sites for hydroxylation is 2. The van der Waals surface area contributed by atoms with Gasteiger partial charge < -0.3 is 20.9 Å². The molecule has 4 aromatic rings. The zero-order chi connectivity index (χ0) is 25.1. The summed E-state index contributed by atoms with van der Waals surface area (Å²) in [6, 6.07) is 21.9. The molecule has 1 aromatic heterocycles. The van der Waals surface area contributed by atoms with E-state index >= 15 is 0 Å². The Balaban J connectivity index is 1.55. The number of alkyl halides is 3. The number of imidazole rings is 1. The largest absolute Gasteiger partial charge is 0.416 e. The van der Waals surface area contributed by atoms with E-state index in [4.69, 9.17) is 5.73 Å². The van der Waals surface area contributed by atoms with Gasteiger partial charge in [-0.15, -0.1) is 0 Å². The number of rotatable bonds is 8. The van der Waals surface area contributed by atoms with E-state index < -0.39 is 30.5 Å². The van der Waals surface area contributed by atoms with Crippen LogP contribution in [0.2, 0.25) is 0 Å². The number of hydrogen-bond acceptors (Lipinski definition) is 4. The lowest BCUT2D eigenvalue weighted by molar-refractivity contribution is -0.138. The number of benzene rings is 3. The van der Waals surface area contributed by atoms with E-state index in [9.17, 15) is 23.4 Å². The number of nitrogens with zero attached hydrogens (tertiary/aromatic N) is 1. The monoisotopic (exact) mass is 481 g/mol. The fourth-order valence-electron chi connectivity index (χ4n) is 3.92. The van der Waals surface area contributed by atoms with Gasteiger partial charge in [0.05, 0.1) is 30.7 Å². The molecular formula is C27H26F3N3O2. The van der Waals surface area contributed by atoms with Crippen molar-refractivity contribution in [2.45, 2.75) is 24.6 Å². The second-order valence-corrected chi connectivity index (χ2v) is 8.55. The van der Waals surface area contributed by atoms with Gasteiger partial charge in [0.1, 0.15) is 11.4 Å². The van der Waals surface area contributed by atoms with Gasteiger partial charge in [-0.3, -0.25) is 0 Å². The predicted octanol–water partition coefficient (Wildman–Crippen LogP) is 4.69. The third kappa shape index (κ3) is 5.45. The molecule has 0 unspecified atom stereocenters. The molecule has 5 nitrogen and oxygen atoms in total. The molecular weight excluding hydrogens is 455 g/mol. The molecule has 5 N–H and O–H groups in total. The molecule has 0 aliphatic rings. The maximum atomic E-state index is 13.9. The Kier molecular flexibility index (Phi) is 7.07. The van der Waals surface area contributed by atoms with Gasteiger partial charge >= 0.3 is 6.18 Å². The molecule has 0 atom stereocenters. The molecule has 0 aliphatic heterocycles. The number of aromatic amines is 1. The lowest BCUT2D eigenvalue weighted by Gasteiger charge is -2.21. The molecule has 4 rings (SSSR count). The van der Waals surface area contributed by atoms with Crippen LogP contribution >= 0.6 is 0 Å². The highest BCUT2D eigenvalue weighted by molar-refractivity contribution is 5.63. The smallest absolute Gasteiger partial charge is 0.394 e. The SMILES string of the molecule is NC(CO)(CO)c1ncc(-c2ccc(CCc3ccc(-c4ccccc4)cc3)c(C(F)(F)F)c2)[nH]1. The summed E-state index contributed by atoms with van der Waals surface area (Å²) in [5, 5.41) is 18.9. The number of aliphatic hydroxyl groups excluding tert-OH is 2. The second-order valence-electron chi connectivity index (χ2n) is 8.55. The molecule has 0 aliphatic carbocycles. The molecule has 0 fully saturated rings. The normalized spacial score (nSPS) is 12.2. The Bertz CT molecular complexity index is 1270. The van der Waals surface area contributed by atoms with Crippen molar-refractivity contribution in [2.24, 2.45) is 5.73 Å². The fraction of sp³-hybridized carbons (Fsp3) is 0.222. The highest BCUT2D eigenvalue weighted by Crippen LogP contribution is 2.35. The summed E-state index contributed by atoms with van der Waals surface area (Å²) >= 11 is 0. The number of nitrogens with two attached hydrogens (primary N) is 1. The number of aliphatic hydroxyl groups is 2. The van der Waals surface area contributed by atoms with Crippen molar-refractivity contribution in [2.75, 3.05) is 13.2 Å². The summed E-state index contributed by atoms with van der Waals surface area (Å²) in [4.78, 5) is 6.87. The van der Waals surface area contributed by atoms with Crippen LogP contribution < -0.4 is 5.73 Å². The second kappa shape index (κ2) is 10.0. The number of H-pyrrole nitrogens is 1. The van der Waals surface area contributed by atoms with Crippen LogP contribution in [-0.4, -0.2) is 33.4 Å². The quantitative estimate of drug-likeness (QED) is 0.294. The Labute approximate surface area is 201 Å². The van der Waals surface area contributed by atoms with E-state index in [1.54, 1.807) is 6.07 Å². The third-order valence-corrected chi connectivity index (χ3v) is 6.08. The van der Waals surface area contributed by atoms with E-state index in [0.717, 1.165) is 22.8 Å². The van der Waals surface area contributed by atoms with Crippen LogP contribution in [-0.2, 0) is 24.6 Å². The van der Waals surface area contributed by atoms with E-state index in [1.807, 2.05) is 54.6 Å². The zero-order valence-corrected chi connectivity index (χ0v) is 18.9. The molecule has 0 saturated heterocycles. The predicted molar refractivity (Wildman–Crippen MR) is 128 cm³/mol. The lowest BCUT2D eigenvalue weighted by atomic mass is 9.96. The van der Waals surface area contributed by atoms with Gasteiger partial charge in [-0.25, -0.2) is 4.98 Å². The minimum Gasteiger partial charge on any atom is -0.394 e. The Morgan fingerprint density at radius 1 is 0.800 bits per heavy atom. The summed E-state index contributed by atoms with van der Waals surface area (Å²) < 4.78 is 41.7. The highest BCUT2D eigenvalue weighted by Gasteiger charge is 2.34. The average Bonchev–Trinajstić information content (AvgIpc) is 3.38. The summed E-state index contributed by atoms with van der Waals surface area (Å²) in [6.07, 6.45) is -2.49. The molecule has 0 saturated carbocycles. The van der Waals surface area contributed by atoms with Gasteiger partial charge in [0.2, 0.25) is 0 Å². The van der Waals surface area contributed by atoms with Gasteiger partial charge in [-0.2, -0.15) is 13.2 Å². The van der Waals surface area contributed by atoms with Crippen molar-refractivity contribution in [3.63, 3.8) is 0 Å². The topological polar surface area (TPSA) is 95.2 Å². The Hall–Kier alpha value is -3.46. The van der Waals surface area contributed by atoms with E-state index in [-0.39, 0.29) is 23.4 Å². The number of nitrogens with one attached hydrogen (secondary N) is 1. The van der Waals surface area contributed by atoms with Crippen LogP contribution in [0.5, 0.6) is 0 Å². The summed E-state index contributed by atoms with van der Waals surface area (Å²) in [5.41, 5.74) is 7.55. The van der Waals surface area contributed by atoms with Crippen LogP contribution in [0.1, 0.15) is 22.5 Å². The number of hydrogen-bond donors (Lipinski definition) is 4. The maximum Gasteiger partial charge on any atom is 0.416 e. The van der Waals surface area contributed by atoms with E-state index in [2.05, 4.69) is 9.97 Å². The van der Waals surface area contributed by atoms with Crippen LogP contribution in [0, 0.1) is 0 Å². The summed E-state index contributed by atoms with van der Waals surface area (Å²) in [7, 11) is 0. The Morgan fingerprint density at radius 3 is 2.06 bits per heavy atom. The zero-order valence-electron chi connectivity index (χ0n) is 18.9. The van der Waals surface area contributed by atoms with Crippen LogP contribution in [0.3, 0.4) is 0 Å². The molecule has 1 heterocycles. The summed E-state index contributed by atoms with van der Waals surface area (Å²) in [5.74, 6) is 0.0917. The molecule has 0 amide bonds. The minimum absolute atomic E-state index is 0.0917. The summed E-state index contributed by atoms with van der Waals surface area (Å²) in [6.45, 7) is -1.15. The van der Waals surface area contributed by atoms with Crippen molar-refractivity contribution in [3.05, 3.63) is 102 Å². The fourth-order valence-corrected chi connectivity index (χ4v) is 3.92. The van der Waals surface area contributed by atoms with Crippen molar-refractivity contribution in [1.82, 2.24) is 9.97 Å². The van der Waals surface area contributed by atoms with Crippen molar-refractivity contribution < 1.29 is 23.4 Å². The first-order chi connectivity index (χ1) is 16.7. The lowest BCUT2D eigenvalue weighted by Crippen LogP contribution is -2.45. The molecule has 0 bridgehead atoms. The average molecular weight is 482 g/mol. The molecule has 8 heteroatoms. The van der Waals surface area contributed by atoms with Crippen molar-refractivity contribution >= 4 is 0 Å². The molecule has 35 heavy (non-hydrogen) atoms. The van der Waals surface area contributed by atoms with E-state index in [1.165, 1.54) is 12.3 Å². The molecule has 0 spiro atoms. The standard InChI is InChI=1S/C27H26F3N3O2/c28-27(29,30)23-14-22(24-15-32-25(33-24)26(31,16-34)17-35)13-12-21(23)11-8-18-6-9-20(10-7-18)19-4-2-1-3-5-19/h1-7,9-10,12-15,34-35H,8,11,16-17,31H2,(H,32,33).